The van der Waals surface area contributed by atoms with Crippen LogP contribution in [0.2, 0.25) is 0 Å². The number of carbonyl (C=O) groups excluding carboxylic acids is 1. The molecule has 0 atom stereocenters. The monoisotopic (exact) mass is 452 g/mol. The van der Waals surface area contributed by atoms with Gasteiger partial charge in [0.1, 0.15) is 5.75 Å². The van der Waals surface area contributed by atoms with Gasteiger partial charge in [-0.05, 0) is 42.8 Å². The summed E-state index contributed by atoms with van der Waals surface area (Å²) >= 11 is 1.51. The van der Waals surface area contributed by atoms with Gasteiger partial charge >= 0.3 is 0 Å². The van der Waals surface area contributed by atoms with E-state index in [-0.39, 0.29) is 5.91 Å². The number of amides is 1. The lowest BCUT2D eigenvalue weighted by Gasteiger charge is -2.19. The molecule has 0 saturated heterocycles. The van der Waals surface area contributed by atoms with E-state index >= 15 is 0 Å². The minimum absolute atomic E-state index is 0.00370. The molecular formula is C23H24N4O4S. The van der Waals surface area contributed by atoms with Crippen LogP contribution in [0, 0.1) is 0 Å². The van der Waals surface area contributed by atoms with E-state index in [1.807, 2.05) is 48.5 Å². The molecule has 2 heterocycles. The van der Waals surface area contributed by atoms with Crippen molar-refractivity contribution in [3.05, 3.63) is 54.4 Å². The summed E-state index contributed by atoms with van der Waals surface area (Å²) in [6, 6.07) is 15.3. The Kier molecular flexibility index (Phi) is 7.08. The maximum atomic E-state index is 13.0. The topological polar surface area (TPSA) is 90.6 Å². The Hall–Kier alpha value is -3.30. The summed E-state index contributed by atoms with van der Waals surface area (Å²) in [7, 11) is 3.24. The van der Waals surface area contributed by atoms with Crippen LogP contribution in [0.5, 0.6) is 5.75 Å². The van der Waals surface area contributed by atoms with Crippen LogP contribution in [-0.2, 0) is 16.0 Å². The fraction of sp³-hybridized carbons (Fsp3) is 0.304. The third-order valence-corrected chi connectivity index (χ3v) is 5.99. The number of hydrogen-bond donors (Lipinski definition) is 0. The summed E-state index contributed by atoms with van der Waals surface area (Å²) in [5, 5.41) is 4.73. The first-order valence-electron chi connectivity index (χ1n) is 10.3. The van der Waals surface area contributed by atoms with Crippen LogP contribution >= 0.6 is 11.3 Å². The molecule has 8 nitrogen and oxygen atoms in total. The van der Waals surface area contributed by atoms with Crippen molar-refractivity contribution >= 4 is 32.6 Å². The molecule has 0 aliphatic rings. The number of fused-ring (bicyclic) bond motifs is 1. The maximum absolute atomic E-state index is 13.0. The summed E-state index contributed by atoms with van der Waals surface area (Å²) < 4.78 is 16.8. The van der Waals surface area contributed by atoms with Gasteiger partial charge in [0, 0.05) is 25.5 Å². The van der Waals surface area contributed by atoms with Crippen molar-refractivity contribution in [1.82, 2.24) is 15.1 Å². The van der Waals surface area contributed by atoms with Crippen LogP contribution in [0.4, 0.5) is 5.13 Å². The Morgan fingerprint density at radius 2 is 1.91 bits per heavy atom. The van der Waals surface area contributed by atoms with Crippen LogP contribution in [-0.4, -0.2) is 48.4 Å². The van der Waals surface area contributed by atoms with Crippen LogP contribution in [0.1, 0.15) is 18.7 Å². The zero-order chi connectivity index (χ0) is 22.3. The van der Waals surface area contributed by atoms with Crippen molar-refractivity contribution in [3.63, 3.8) is 0 Å². The highest BCUT2D eigenvalue weighted by Gasteiger charge is 2.20. The van der Waals surface area contributed by atoms with Gasteiger partial charge < -0.3 is 14.0 Å². The second kappa shape index (κ2) is 10.3. The van der Waals surface area contributed by atoms with E-state index in [0.29, 0.717) is 49.3 Å². The van der Waals surface area contributed by atoms with E-state index in [1.165, 1.54) is 11.3 Å². The molecule has 0 unspecified atom stereocenters. The molecule has 2 aromatic carbocycles. The molecule has 0 bridgehead atoms. The molecule has 0 aliphatic heterocycles. The molecule has 166 valence electrons. The Labute approximate surface area is 189 Å². The second-order valence-corrected chi connectivity index (χ2v) is 8.11. The molecule has 0 aliphatic carbocycles. The number of nitrogens with zero attached hydrogens (tertiary/aromatic N) is 4. The lowest BCUT2D eigenvalue weighted by molar-refractivity contribution is -0.118. The SMILES string of the molecule is COCCN(C(=O)CCCc1nc(-c2ccc(OC)cc2)no1)c1nc2ccccc2s1. The van der Waals surface area contributed by atoms with E-state index in [9.17, 15) is 4.79 Å². The average molecular weight is 453 g/mol. The number of rotatable bonds is 10. The number of aryl methyl sites for hydroxylation is 1. The minimum atomic E-state index is -0.00370. The van der Waals surface area contributed by atoms with Gasteiger partial charge in [-0.1, -0.05) is 28.6 Å². The van der Waals surface area contributed by atoms with E-state index in [4.69, 9.17) is 14.0 Å². The number of thiazole rings is 1. The molecule has 0 spiro atoms. The Morgan fingerprint density at radius 1 is 1.09 bits per heavy atom. The maximum Gasteiger partial charge on any atom is 0.228 e. The molecular weight excluding hydrogens is 428 g/mol. The first-order chi connectivity index (χ1) is 15.7. The highest BCUT2D eigenvalue weighted by Crippen LogP contribution is 2.29. The zero-order valence-corrected chi connectivity index (χ0v) is 18.8. The summed E-state index contributed by atoms with van der Waals surface area (Å²) in [5.41, 5.74) is 1.73. The van der Waals surface area contributed by atoms with Gasteiger partial charge in [-0.15, -0.1) is 0 Å². The standard InChI is InChI=1S/C23H24N4O4S/c1-29-15-14-27(23-24-18-6-3-4-7-19(18)32-23)21(28)9-5-8-20-25-22(26-31-20)16-10-12-17(30-2)13-11-16/h3-4,6-7,10-13H,5,8-9,14-15H2,1-2H3. The summed E-state index contributed by atoms with van der Waals surface area (Å²) in [4.78, 5) is 23.7. The van der Waals surface area contributed by atoms with E-state index < -0.39 is 0 Å². The summed E-state index contributed by atoms with van der Waals surface area (Å²) in [5.74, 6) is 1.79. The number of benzene rings is 2. The molecule has 4 rings (SSSR count). The number of hydrogen-bond acceptors (Lipinski definition) is 8. The zero-order valence-electron chi connectivity index (χ0n) is 18.0. The minimum Gasteiger partial charge on any atom is -0.497 e. The molecule has 0 saturated carbocycles. The van der Waals surface area contributed by atoms with E-state index in [1.54, 1.807) is 19.1 Å². The van der Waals surface area contributed by atoms with Crippen molar-refractivity contribution in [1.29, 1.82) is 0 Å². The quantitative estimate of drug-likeness (QED) is 0.353. The third kappa shape index (κ3) is 5.12. The number of anilines is 1. The number of methoxy groups -OCH3 is 2. The van der Waals surface area contributed by atoms with Crippen molar-refractivity contribution in [2.45, 2.75) is 19.3 Å². The number of para-hydroxylation sites is 1. The predicted octanol–water partition coefficient (Wildman–Crippen LogP) is 4.36. The number of aromatic nitrogens is 3. The average Bonchev–Trinajstić information content (AvgIpc) is 3.46. The number of ether oxygens (including phenoxy) is 2. The largest absolute Gasteiger partial charge is 0.497 e. The predicted molar refractivity (Wildman–Crippen MR) is 123 cm³/mol. The van der Waals surface area contributed by atoms with Crippen molar-refractivity contribution in [3.8, 4) is 17.1 Å². The summed E-state index contributed by atoms with van der Waals surface area (Å²) in [6.45, 7) is 0.897. The molecule has 0 radical (unpaired) electrons. The lowest BCUT2D eigenvalue weighted by atomic mass is 10.2. The molecule has 0 fully saturated rings. The van der Waals surface area contributed by atoms with Gasteiger partial charge in [0.2, 0.25) is 17.6 Å². The Morgan fingerprint density at radius 3 is 2.66 bits per heavy atom. The molecule has 1 amide bonds. The summed E-state index contributed by atoms with van der Waals surface area (Å²) in [6.07, 6.45) is 1.46. The van der Waals surface area contributed by atoms with Gasteiger partial charge in [-0.3, -0.25) is 9.69 Å². The first-order valence-corrected chi connectivity index (χ1v) is 11.1. The van der Waals surface area contributed by atoms with Gasteiger partial charge in [0.25, 0.3) is 0 Å². The second-order valence-electron chi connectivity index (χ2n) is 7.10. The van der Waals surface area contributed by atoms with Crippen LogP contribution in [0.3, 0.4) is 0 Å². The lowest BCUT2D eigenvalue weighted by Crippen LogP contribution is -2.33. The fourth-order valence-corrected chi connectivity index (χ4v) is 4.23. The van der Waals surface area contributed by atoms with E-state index in [0.717, 1.165) is 21.5 Å². The third-order valence-electron chi connectivity index (χ3n) is 4.93. The van der Waals surface area contributed by atoms with Crippen molar-refractivity contribution in [2.75, 3.05) is 32.3 Å². The van der Waals surface area contributed by atoms with Gasteiger partial charge in [-0.25, -0.2) is 4.98 Å². The first kappa shape index (κ1) is 21.9. The van der Waals surface area contributed by atoms with Crippen molar-refractivity contribution < 1.29 is 18.8 Å². The Balaban J connectivity index is 1.37. The van der Waals surface area contributed by atoms with Gasteiger partial charge in [0.15, 0.2) is 5.13 Å². The molecule has 32 heavy (non-hydrogen) atoms. The smallest absolute Gasteiger partial charge is 0.228 e. The molecule has 2 aromatic heterocycles. The van der Waals surface area contributed by atoms with Crippen LogP contribution in [0.15, 0.2) is 53.1 Å². The highest BCUT2D eigenvalue weighted by atomic mass is 32.1. The Bertz CT molecular complexity index is 1140. The van der Waals surface area contributed by atoms with Gasteiger partial charge in [0.05, 0.1) is 30.5 Å². The normalized spacial score (nSPS) is 11.1. The van der Waals surface area contributed by atoms with Crippen LogP contribution in [0.25, 0.3) is 21.6 Å². The van der Waals surface area contributed by atoms with Gasteiger partial charge in [-0.2, -0.15) is 4.98 Å². The molecule has 9 heteroatoms. The molecule has 0 N–H and O–H groups in total. The van der Waals surface area contributed by atoms with E-state index in [2.05, 4.69) is 15.1 Å². The van der Waals surface area contributed by atoms with Crippen molar-refractivity contribution in [2.24, 2.45) is 0 Å². The fourth-order valence-electron chi connectivity index (χ4n) is 3.22. The number of carbonyl (C=O) groups is 1. The molecule has 4 aromatic rings. The highest BCUT2D eigenvalue weighted by molar-refractivity contribution is 7.22. The van der Waals surface area contributed by atoms with Crippen LogP contribution < -0.4 is 9.64 Å².